The van der Waals surface area contributed by atoms with Gasteiger partial charge in [0, 0.05) is 12.3 Å². The van der Waals surface area contributed by atoms with Crippen LogP contribution in [0.4, 0.5) is 5.13 Å². The molecule has 4 aromatic rings. The summed E-state index contributed by atoms with van der Waals surface area (Å²) < 4.78 is 12.1. The van der Waals surface area contributed by atoms with Crippen LogP contribution >= 0.6 is 11.3 Å². The number of hydrogen-bond acceptors (Lipinski definition) is 7. The maximum atomic E-state index is 12.0. The van der Waals surface area contributed by atoms with Crippen molar-refractivity contribution in [2.24, 2.45) is 0 Å². The summed E-state index contributed by atoms with van der Waals surface area (Å²) >= 11 is 1.32. The summed E-state index contributed by atoms with van der Waals surface area (Å²) in [6.45, 7) is 0. The first-order valence-corrected chi connectivity index (χ1v) is 9.39. The SMILES string of the molecule is COc1cccc(C(Nc2nn3c(=O)ccnc3s2)c2cccc(OC)c2)c1. The van der Waals surface area contributed by atoms with E-state index < -0.39 is 0 Å². The van der Waals surface area contributed by atoms with E-state index in [9.17, 15) is 4.79 Å². The molecular formula is C20H18N4O3S. The zero-order chi connectivity index (χ0) is 19.5. The molecule has 0 aliphatic rings. The topological polar surface area (TPSA) is 77.8 Å². The van der Waals surface area contributed by atoms with Crippen LogP contribution in [0.15, 0.2) is 65.6 Å². The lowest BCUT2D eigenvalue weighted by molar-refractivity contribution is 0.413. The summed E-state index contributed by atoms with van der Waals surface area (Å²) in [6, 6.07) is 16.8. The largest absolute Gasteiger partial charge is 0.497 e. The van der Waals surface area contributed by atoms with E-state index >= 15 is 0 Å². The first-order chi connectivity index (χ1) is 13.7. The van der Waals surface area contributed by atoms with E-state index in [1.54, 1.807) is 14.2 Å². The molecule has 2 aromatic heterocycles. The zero-order valence-corrected chi connectivity index (χ0v) is 16.1. The highest BCUT2D eigenvalue weighted by Crippen LogP contribution is 2.31. The number of aromatic nitrogens is 3. The Hall–Kier alpha value is -3.39. The van der Waals surface area contributed by atoms with E-state index in [2.05, 4.69) is 15.4 Å². The standard InChI is InChI=1S/C20H18N4O3S/c1-26-15-7-3-5-13(11-15)18(14-6-4-8-16(12-14)27-2)22-19-23-24-17(25)9-10-21-20(24)28-19/h3-12,18H,1-2H3,(H,22,23). The molecule has 0 aliphatic carbocycles. The van der Waals surface area contributed by atoms with Crippen LogP contribution in [0.5, 0.6) is 11.5 Å². The summed E-state index contributed by atoms with van der Waals surface area (Å²) in [5.41, 5.74) is 1.77. The van der Waals surface area contributed by atoms with Gasteiger partial charge >= 0.3 is 0 Å². The van der Waals surface area contributed by atoms with Gasteiger partial charge in [0.25, 0.3) is 5.56 Å². The van der Waals surface area contributed by atoms with Gasteiger partial charge in [-0.3, -0.25) is 4.79 Å². The minimum absolute atomic E-state index is 0.214. The van der Waals surface area contributed by atoms with Gasteiger partial charge in [-0.15, -0.1) is 5.10 Å². The van der Waals surface area contributed by atoms with Crippen LogP contribution < -0.4 is 20.3 Å². The fourth-order valence-electron chi connectivity index (χ4n) is 2.93. The number of fused-ring (bicyclic) bond motifs is 1. The van der Waals surface area contributed by atoms with E-state index in [1.165, 1.54) is 28.1 Å². The highest BCUT2D eigenvalue weighted by Gasteiger charge is 2.18. The molecule has 0 bridgehead atoms. The zero-order valence-electron chi connectivity index (χ0n) is 15.3. The molecule has 7 nitrogen and oxygen atoms in total. The lowest BCUT2D eigenvalue weighted by Crippen LogP contribution is -2.15. The summed E-state index contributed by atoms with van der Waals surface area (Å²) in [4.78, 5) is 16.7. The van der Waals surface area contributed by atoms with E-state index in [4.69, 9.17) is 9.47 Å². The normalized spacial score (nSPS) is 11.0. The second-order valence-corrected chi connectivity index (χ2v) is 6.97. The predicted molar refractivity (Wildman–Crippen MR) is 109 cm³/mol. The Kier molecular flexibility index (Phi) is 4.94. The second kappa shape index (κ2) is 7.69. The van der Waals surface area contributed by atoms with Crippen molar-refractivity contribution in [3.8, 4) is 11.5 Å². The van der Waals surface area contributed by atoms with Crippen LogP contribution in [0.2, 0.25) is 0 Å². The van der Waals surface area contributed by atoms with Crippen molar-refractivity contribution in [2.75, 3.05) is 19.5 Å². The molecule has 0 saturated heterocycles. The average Bonchev–Trinajstić information content (AvgIpc) is 3.16. The lowest BCUT2D eigenvalue weighted by atomic mass is 9.98. The molecule has 0 radical (unpaired) electrons. The molecule has 2 heterocycles. The molecule has 2 aromatic carbocycles. The van der Waals surface area contributed by atoms with Gasteiger partial charge < -0.3 is 14.8 Å². The van der Waals surface area contributed by atoms with Gasteiger partial charge in [-0.2, -0.15) is 4.52 Å². The molecule has 0 atom stereocenters. The van der Waals surface area contributed by atoms with Gasteiger partial charge in [-0.1, -0.05) is 35.6 Å². The van der Waals surface area contributed by atoms with Gasteiger partial charge in [0.05, 0.1) is 20.3 Å². The Morgan fingerprint density at radius 1 is 1.00 bits per heavy atom. The highest BCUT2D eigenvalue weighted by molar-refractivity contribution is 7.20. The third-order valence-electron chi connectivity index (χ3n) is 4.29. The van der Waals surface area contributed by atoms with Crippen LogP contribution in [0, 0.1) is 0 Å². The number of benzene rings is 2. The van der Waals surface area contributed by atoms with Crippen molar-refractivity contribution in [3.63, 3.8) is 0 Å². The molecule has 0 saturated carbocycles. The molecule has 0 aliphatic heterocycles. The van der Waals surface area contributed by atoms with Crippen LogP contribution in [-0.4, -0.2) is 28.8 Å². The first-order valence-electron chi connectivity index (χ1n) is 8.57. The van der Waals surface area contributed by atoms with Crippen LogP contribution in [0.1, 0.15) is 17.2 Å². The maximum Gasteiger partial charge on any atom is 0.275 e. The monoisotopic (exact) mass is 394 g/mol. The molecule has 0 fully saturated rings. The van der Waals surface area contributed by atoms with Gasteiger partial charge in [-0.25, -0.2) is 4.98 Å². The van der Waals surface area contributed by atoms with Crippen molar-refractivity contribution in [3.05, 3.63) is 82.3 Å². The molecule has 0 amide bonds. The minimum Gasteiger partial charge on any atom is -0.497 e. The fraction of sp³-hybridized carbons (Fsp3) is 0.150. The Labute approximate surface area is 165 Å². The fourth-order valence-corrected chi connectivity index (χ4v) is 3.73. The number of nitrogens with zero attached hydrogens (tertiary/aromatic N) is 3. The number of hydrogen-bond donors (Lipinski definition) is 1. The average molecular weight is 394 g/mol. The Bertz CT molecular complexity index is 1120. The third-order valence-corrected chi connectivity index (χ3v) is 5.15. The smallest absolute Gasteiger partial charge is 0.275 e. The lowest BCUT2D eigenvalue weighted by Gasteiger charge is -2.20. The third kappa shape index (κ3) is 3.54. The van der Waals surface area contributed by atoms with Gasteiger partial charge in [-0.05, 0) is 35.4 Å². The number of nitrogens with one attached hydrogen (secondary N) is 1. The molecular weight excluding hydrogens is 376 g/mol. The highest BCUT2D eigenvalue weighted by atomic mass is 32.1. The first kappa shape index (κ1) is 18.0. The number of rotatable bonds is 6. The summed E-state index contributed by atoms with van der Waals surface area (Å²) in [5.74, 6) is 1.52. The molecule has 142 valence electrons. The van der Waals surface area contributed by atoms with Crippen LogP contribution in [0.25, 0.3) is 4.96 Å². The van der Waals surface area contributed by atoms with Gasteiger partial charge in [0.1, 0.15) is 11.5 Å². The van der Waals surface area contributed by atoms with E-state index in [0.717, 1.165) is 22.6 Å². The quantitative estimate of drug-likeness (QED) is 0.540. The molecule has 8 heteroatoms. The summed E-state index contributed by atoms with van der Waals surface area (Å²) in [5, 5.41) is 8.39. The summed E-state index contributed by atoms with van der Waals surface area (Å²) in [7, 11) is 3.28. The van der Waals surface area contributed by atoms with E-state index in [-0.39, 0.29) is 11.6 Å². The number of methoxy groups -OCH3 is 2. The van der Waals surface area contributed by atoms with E-state index in [0.29, 0.717) is 10.1 Å². The minimum atomic E-state index is -0.221. The molecule has 28 heavy (non-hydrogen) atoms. The Morgan fingerprint density at radius 2 is 1.64 bits per heavy atom. The van der Waals surface area contributed by atoms with Crippen molar-refractivity contribution >= 4 is 21.4 Å². The summed E-state index contributed by atoms with van der Waals surface area (Å²) in [6.07, 6.45) is 1.49. The maximum absolute atomic E-state index is 12.0. The van der Waals surface area contributed by atoms with Crippen molar-refractivity contribution in [1.82, 2.24) is 14.6 Å². The Morgan fingerprint density at radius 3 is 2.21 bits per heavy atom. The predicted octanol–water partition coefficient (Wildman–Crippen LogP) is 3.37. The van der Waals surface area contributed by atoms with E-state index in [1.807, 2.05) is 48.5 Å². The van der Waals surface area contributed by atoms with Crippen molar-refractivity contribution in [1.29, 1.82) is 0 Å². The molecule has 4 rings (SSSR count). The molecule has 0 unspecified atom stereocenters. The van der Waals surface area contributed by atoms with Gasteiger partial charge in [0.15, 0.2) is 0 Å². The number of anilines is 1. The molecule has 1 N–H and O–H groups in total. The van der Waals surface area contributed by atoms with Crippen LogP contribution in [0.3, 0.4) is 0 Å². The second-order valence-electron chi connectivity index (χ2n) is 6.02. The van der Waals surface area contributed by atoms with Gasteiger partial charge in [0.2, 0.25) is 10.1 Å². The Balaban J connectivity index is 1.79. The van der Waals surface area contributed by atoms with Crippen molar-refractivity contribution < 1.29 is 9.47 Å². The number of ether oxygens (including phenoxy) is 2. The van der Waals surface area contributed by atoms with Crippen LogP contribution in [-0.2, 0) is 0 Å². The van der Waals surface area contributed by atoms with Crippen molar-refractivity contribution in [2.45, 2.75) is 6.04 Å². The molecule has 0 spiro atoms.